The number of hydrogen-bond acceptors (Lipinski definition) is 4. The zero-order valence-corrected chi connectivity index (χ0v) is 17.2. The number of carbonyl (C=O) groups excluding carboxylic acids is 2. The van der Waals surface area contributed by atoms with E-state index in [9.17, 15) is 23.6 Å². The summed E-state index contributed by atoms with van der Waals surface area (Å²) in [4.78, 5) is 31.3. The Kier molecular flexibility index (Phi) is 5.49. The third-order valence-corrected chi connectivity index (χ3v) is 6.71. The van der Waals surface area contributed by atoms with E-state index >= 15 is 0 Å². The molecule has 0 saturated carbocycles. The fourth-order valence-corrected chi connectivity index (χ4v) is 5.25. The molecule has 0 radical (unpaired) electrons. The van der Waals surface area contributed by atoms with E-state index in [2.05, 4.69) is 6.07 Å². The molecule has 160 valence electrons. The normalized spacial score (nSPS) is 28.1. The van der Waals surface area contributed by atoms with E-state index in [1.54, 1.807) is 16.7 Å². The lowest BCUT2D eigenvalue weighted by Crippen LogP contribution is -2.53. The summed E-state index contributed by atoms with van der Waals surface area (Å²) in [6.07, 6.45) is 2.22. The quantitative estimate of drug-likeness (QED) is 0.740. The first-order chi connectivity index (χ1) is 14.3. The summed E-state index contributed by atoms with van der Waals surface area (Å²) < 4.78 is 27.2. The fraction of sp³-hybridized carbons (Fsp3) is 0.591. The molecule has 2 amide bonds. The highest BCUT2D eigenvalue weighted by molar-refractivity contribution is 5.86. The van der Waals surface area contributed by atoms with Gasteiger partial charge in [-0.1, -0.05) is 6.92 Å². The van der Waals surface area contributed by atoms with E-state index in [0.717, 1.165) is 18.9 Å². The maximum Gasteiger partial charge on any atom is 0.240 e. The lowest BCUT2D eigenvalue weighted by atomic mass is 10.0. The van der Waals surface area contributed by atoms with Crippen molar-refractivity contribution in [2.45, 2.75) is 57.3 Å². The van der Waals surface area contributed by atoms with Crippen LogP contribution in [0.5, 0.6) is 0 Å². The van der Waals surface area contributed by atoms with Crippen molar-refractivity contribution < 1.29 is 18.4 Å². The Labute approximate surface area is 175 Å². The van der Waals surface area contributed by atoms with E-state index in [0.29, 0.717) is 31.6 Å². The van der Waals surface area contributed by atoms with Crippen molar-refractivity contribution in [3.63, 3.8) is 0 Å². The highest BCUT2D eigenvalue weighted by Gasteiger charge is 2.51. The van der Waals surface area contributed by atoms with Crippen LogP contribution >= 0.6 is 0 Å². The Morgan fingerprint density at radius 3 is 2.60 bits per heavy atom. The summed E-state index contributed by atoms with van der Waals surface area (Å²) in [5, 5.41) is 9.23. The average Bonchev–Trinajstić information content (AvgIpc) is 3.40. The lowest BCUT2D eigenvalue weighted by Gasteiger charge is -2.38. The van der Waals surface area contributed by atoms with Crippen LogP contribution in [0.2, 0.25) is 0 Å². The molecule has 3 fully saturated rings. The van der Waals surface area contributed by atoms with E-state index in [4.69, 9.17) is 0 Å². The molecule has 1 aromatic rings. The van der Waals surface area contributed by atoms with Crippen molar-refractivity contribution in [3.05, 3.63) is 35.4 Å². The molecule has 3 aliphatic heterocycles. The summed E-state index contributed by atoms with van der Waals surface area (Å²) in [6.45, 7) is 5.36. The molecule has 30 heavy (non-hydrogen) atoms. The maximum atomic E-state index is 13.6. The maximum absolute atomic E-state index is 13.6. The van der Waals surface area contributed by atoms with Crippen LogP contribution in [0.4, 0.5) is 8.78 Å². The molecule has 8 heteroatoms. The van der Waals surface area contributed by atoms with Gasteiger partial charge in [0, 0.05) is 37.7 Å². The third kappa shape index (κ3) is 3.56. The van der Waals surface area contributed by atoms with Crippen molar-refractivity contribution in [2.24, 2.45) is 5.92 Å². The van der Waals surface area contributed by atoms with Gasteiger partial charge in [-0.05, 0) is 43.9 Å². The largest absolute Gasteiger partial charge is 0.330 e. The third-order valence-electron chi connectivity index (χ3n) is 6.71. The first kappa shape index (κ1) is 20.7. The number of nitrogens with zero attached hydrogens (tertiary/aromatic N) is 4. The predicted octanol–water partition coefficient (Wildman–Crippen LogP) is 2.46. The molecule has 0 aromatic heterocycles. The van der Waals surface area contributed by atoms with Crippen LogP contribution in [0.1, 0.15) is 44.7 Å². The van der Waals surface area contributed by atoms with Crippen molar-refractivity contribution in [3.8, 4) is 6.07 Å². The number of fused-ring (bicyclic) bond motifs is 2. The van der Waals surface area contributed by atoms with Crippen LogP contribution in [0.15, 0.2) is 18.2 Å². The highest BCUT2D eigenvalue weighted by Crippen LogP contribution is 2.38. The van der Waals surface area contributed by atoms with Crippen molar-refractivity contribution in [2.75, 3.05) is 19.6 Å². The molecule has 6 nitrogen and oxygen atoms in total. The summed E-state index contributed by atoms with van der Waals surface area (Å²) in [5.41, 5.74) is 0.445. The number of benzene rings is 1. The smallest absolute Gasteiger partial charge is 0.240 e. The van der Waals surface area contributed by atoms with Crippen LogP contribution in [0.3, 0.4) is 0 Å². The van der Waals surface area contributed by atoms with Gasteiger partial charge < -0.3 is 9.80 Å². The number of piperazine rings is 1. The zero-order valence-electron chi connectivity index (χ0n) is 17.2. The summed E-state index contributed by atoms with van der Waals surface area (Å²) in [6, 6.07) is 4.45. The van der Waals surface area contributed by atoms with Crippen molar-refractivity contribution in [1.82, 2.24) is 14.7 Å². The van der Waals surface area contributed by atoms with Crippen LogP contribution in [-0.2, 0) is 9.59 Å². The first-order valence-corrected chi connectivity index (χ1v) is 10.5. The van der Waals surface area contributed by atoms with Gasteiger partial charge in [0.25, 0.3) is 0 Å². The van der Waals surface area contributed by atoms with Crippen molar-refractivity contribution in [1.29, 1.82) is 5.26 Å². The number of amides is 2. The van der Waals surface area contributed by atoms with Crippen molar-refractivity contribution >= 4 is 11.8 Å². The number of nitriles is 1. The van der Waals surface area contributed by atoms with E-state index in [1.165, 1.54) is 12.1 Å². The molecule has 3 heterocycles. The number of carbonyl (C=O) groups is 2. The second kappa shape index (κ2) is 7.95. The first-order valence-electron chi connectivity index (χ1n) is 10.5. The molecule has 1 unspecified atom stereocenters. The van der Waals surface area contributed by atoms with E-state index in [1.807, 2.05) is 11.8 Å². The molecule has 3 aliphatic rings. The second-order valence-corrected chi connectivity index (χ2v) is 8.70. The van der Waals surface area contributed by atoms with Crippen LogP contribution in [0, 0.1) is 28.9 Å². The Bertz CT molecular complexity index is 881. The standard InChI is InChI=1S/C22H26F2N4O2/c1-13(21(29)27-5-3-4-18(27)10-25)11-26-12-19-9-20(26)22(30)28(19)14(2)15-6-16(23)8-17(24)7-15/h6-8,13-14,18-20H,3-5,9,11-12H2,1-2H3/t13-,14-,18-,19?,20-/m0/s1. The molecular formula is C22H26F2N4O2. The fourth-order valence-electron chi connectivity index (χ4n) is 5.25. The molecule has 3 saturated heterocycles. The highest BCUT2D eigenvalue weighted by atomic mass is 19.1. The molecule has 0 aliphatic carbocycles. The van der Waals surface area contributed by atoms with E-state index < -0.39 is 17.7 Å². The zero-order chi connectivity index (χ0) is 21.6. The van der Waals surface area contributed by atoms with Gasteiger partial charge in [-0.2, -0.15) is 5.26 Å². The molecule has 0 N–H and O–H groups in total. The van der Waals surface area contributed by atoms with Gasteiger partial charge >= 0.3 is 0 Å². The molecular weight excluding hydrogens is 390 g/mol. The number of halogens is 2. The van der Waals surface area contributed by atoms with E-state index in [-0.39, 0.29) is 35.9 Å². The minimum absolute atomic E-state index is 0.0327. The Morgan fingerprint density at radius 1 is 1.27 bits per heavy atom. The number of likely N-dealkylation sites (tertiary alicyclic amines) is 3. The molecule has 5 atom stereocenters. The molecule has 0 spiro atoms. The van der Waals surface area contributed by atoms with Gasteiger partial charge in [0.15, 0.2) is 0 Å². The number of hydrogen-bond donors (Lipinski definition) is 0. The van der Waals surface area contributed by atoms with Gasteiger partial charge in [-0.25, -0.2) is 8.78 Å². The summed E-state index contributed by atoms with van der Waals surface area (Å²) in [7, 11) is 0. The molecule has 1 aromatic carbocycles. The second-order valence-electron chi connectivity index (χ2n) is 8.70. The van der Waals surface area contributed by atoms with Gasteiger partial charge in [0.05, 0.1) is 18.2 Å². The summed E-state index contributed by atoms with van der Waals surface area (Å²) >= 11 is 0. The Hall–Kier alpha value is -2.53. The molecule has 2 bridgehead atoms. The minimum atomic E-state index is -0.653. The average molecular weight is 416 g/mol. The predicted molar refractivity (Wildman–Crippen MR) is 105 cm³/mol. The van der Waals surface area contributed by atoms with Crippen LogP contribution in [0.25, 0.3) is 0 Å². The minimum Gasteiger partial charge on any atom is -0.330 e. The van der Waals surface area contributed by atoms with Gasteiger partial charge in [-0.15, -0.1) is 0 Å². The SMILES string of the molecule is C[C@@H](CN1CC2C[C@H]1C(=O)N2[C@@H](C)c1cc(F)cc(F)c1)C(=O)N1CCC[C@H]1C#N. The Balaban J connectivity index is 1.41. The monoisotopic (exact) mass is 416 g/mol. The Morgan fingerprint density at radius 2 is 1.97 bits per heavy atom. The van der Waals surface area contributed by atoms with Crippen LogP contribution in [-0.4, -0.2) is 64.3 Å². The van der Waals surface area contributed by atoms with Crippen LogP contribution < -0.4 is 0 Å². The summed E-state index contributed by atoms with van der Waals surface area (Å²) in [5.74, 6) is -1.69. The topological polar surface area (TPSA) is 67.7 Å². The van der Waals surface area contributed by atoms with Gasteiger partial charge in [0.1, 0.15) is 17.7 Å². The van der Waals surface area contributed by atoms with Gasteiger partial charge in [-0.3, -0.25) is 14.5 Å². The lowest BCUT2D eigenvalue weighted by molar-refractivity contribution is -0.142. The van der Waals surface area contributed by atoms with Gasteiger partial charge in [0.2, 0.25) is 11.8 Å². The molecule has 4 rings (SSSR count). The number of rotatable bonds is 5.